The van der Waals surface area contributed by atoms with Gasteiger partial charge in [0.25, 0.3) is 0 Å². The molecule has 0 atom stereocenters. The molecule has 1 heterocycles. The van der Waals surface area contributed by atoms with E-state index < -0.39 is 16.6 Å². The van der Waals surface area contributed by atoms with Crippen LogP contribution in [0.25, 0.3) is 0 Å². The Labute approximate surface area is 188 Å². The van der Waals surface area contributed by atoms with E-state index in [1.54, 1.807) is 19.2 Å². The summed E-state index contributed by atoms with van der Waals surface area (Å²) >= 11 is 0. The van der Waals surface area contributed by atoms with E-state index in [0.29, 0.717) is 37.1 Å². The molecule has 166 valence electrons. The zero-order valence-electron chi connectivity index (χ0n) is 16.8. The molecule has 0 unspecified atom stereocenters. The summed E-state index contributed by atoms with van der Waals surface area (Å²) in [4.78, 5) is 4.15. The van der Waals surface area contributed by atoms with Crippen molar-refractivity contribution < 1.29 is 21.9 Å². The minimum absolute atomic E-state index is 0. The van der Waals surface area contributed by atoms with Gasteiger partial charge in [0.2, 0.25) is 10.0 Å². The van der Waals surface area contributed by atoms with Gasteiger partial charge in [-0.3, -0.25) is 4.99 Å². The van der Waals surface area contributed by atoms with Crippen LogP contribution in [0.3, 0.4) is 0 Å². The molecule has 0 aliphatic carbocycles. The van der Waals surface area contributed by atoms with Gasteiger partial charge in [0.1, 0.15) is 5.75 Å². The Bertz CT molecular complexity index is 785. The van der Waals surface area contributed by atoms with E-state index in [0.717, 1.165) is 18.4 Å². The highest BCUT2D eigenvalue weighted by atomic mass is 127. The van der Waals surface area contributed by atoms with Crippen molar-refractivity contribution in [3.63, 3.8) is 0 Å². The lowest BCUT2D eigenvalue weighted by atomic mass is 9.98. The molecule has 1 saturated heterocycles. The first-order valence-electron chi connectivity index (χ1n) is 9.13. The van der Waals surface area contributed by atoms with Gasteiger partial charge in [0.05, 0.1) is 6.26 Å². The molecular formula is C18H29F2IN4O3S. The predicted octanol–water partition coefficient (Wildman–Crippen LogP) is 2.55. The van der Waals surface area contributed by atoms with Crippen LogP contribution in [0, 0.1) is 12.8 Å². The number of aliphatic imine (C=N–C) groups is 1. The summed E-state index contributed by atoms with van der Waals surface area (Å²) in [6, 6.07) is 5.04. The Kier molecular flexibility index (Phi) is 10.5. The molecule has 2 N–H and O–H groups in total. The zero-order chi connectivity index (χ0) is 20.7. The van der Waals surface area contributed by atoms with Crippen molar-refractivity contribution in [3.05, 3.63) is 29.3 Å². The van der Waals surface area contributed by atoms with Crippen LogP contribution in [0.2, 0.25) is 0 Å². The second kappa shape index (κ2) is 11.8. The number of hydrogen-bond donors (Lipinski definition) is 2. The zero-order valence-corrected chi connectivity index (χ0v) is 20.0. The van der Waals surface area contributed by atoms with Crippen LogP contribution in [-0.4, -0.2) is 58.2 Å². The third-order valence-corrected chi connectivity index (χ3v) is 6.01. The molecule has 0 aromatic heterocycles. The van der Waals surface area contributed by atoms with Gasteiger partial charge in [0, 0.05) is 38.8 Å². The molecule has 1 fully saturated rings. The van der Waals surface area contributed by atoms with Crippen molar-refractivity contribution >= 4 is 40.0 Å². The molecule has 0 bridgehead atoms. The molecule has 0 saturated carbocycles. The highest BCUT2D eigenvalue weighted by Crippen LogP contribution is 2.22. The lowest BCUT2D eigenvalue weighted by molar-refractivity contribution is -0.0504. The largest absolute Gasteiger partial charge is 0.434 e. The fraction of sp³-hybridized carbons (Fsp3) is 0.611. The minimum atomic E-state index is -3.13. The topological polar surface area (TPSA) is 83.0 Å². The Balaban J connectivity index is 0.00000420. The number of ether oxygens (including phenoxy) is 1. The second-order valence-corrected chi connectivity index (χ2v) is 8.88. The number of alkyl halides is 2. The van der Waals surface area contributed by atoms with Gasteiger partial charge in [-0.15, -0.1) is 24.0 Å². The highest BCUT2D eigenvalue weighted by molar-refractivity contribution is 14.0. The normalized spacial score (nSPS) is 16.4. The number of aryl methyl sites for hydroxylation is 1. The first-order valence-corrected chi connectivity index (χ1v) is 11.0. The third-order valence-electron chi connectivity index (χ3n) is 4.70. The number of piperidine rings is 1. The van der Waals surface area contributed by atoms with E-state index in [9.17, 15) is 17.2 Å². The van der Waals surface area contributed by atoms with E-state index in [1.807, 2.05) is 6.92 Å². The molecule has 0 spiro atoms. The summed E-state index contributed by atoms with van der Waals surface area (Å²) in [7, 11) is -1.50. The van der Waals surface area contributed by atoms with Crippen LogP contribution in [0.4, 0.5) is 8.78 Å². The highest BCUT2D eigenvalue weighted by Gasteiger charge is 2.24. The fourth-order valence-corrected chi connectivity index (χ4v) is 4.02. The molecule has 0 radical (unpaired) electrons. The van der Waals surface area contributed by atoms with Crippen LogP contribution in [0.1, 0.15) is 24.0 Å². The van der Waals surface area contributed by atoms with Gasteiger partial charge in [-0.1, -0.05) is 17.7 Å². The fourth-order valence-electron chi connectivity index (χ4n) is 3.14. The SMILES string of the molecule is CN=C(NCc1cc(C)ccc1OC(F)F)NCC1CCN(S(C)(=O)=O)CC1.I. The summed E-state index contributed by atoms with van der Waals surface area (Å²) in [5.74, 6) is 1.03. The Morgan fingerprint density at radius 1 is 1.31 bits per heavy atom. The van der Waals surface area contributed by atoms with Crippen molar-refractivity contribution in [3.8, 4) is 5.75 Å². The molecule has 11 heteroatoms. The molecule has 0 amide bonds. The molecule has 29 heavy (non-hydrogen) atoms. The van der Waals surface area contributed by atoms with Crippen LogP contribution in [-0.2, 0) is 16.6 Å². The summed E-state index contributed by atoms with van der Waals surface area (Å²) in [6.07, 6.45) is 2.79. The maximum atomic E-state index is 12.6. The monoisotopic (exact) mass is 546 g/mol. The van der Waals surface area contributed by atoms with E-state index in [2.05, 4.69) is 20.4 Å². The van der Waals surface area contributed by atoms with Crippen LogP contribution in [0.15, 0.2) is 23.2 Å². The average molecular weight is 546 g/mol. The molecule has 7 nitrogen and oxygen atoms in total. The van der Waals surface area contributed by atoms with Crippen molar-refractivity contribution in [2.75, 3.05) is 32.9 Å². The maximum absolute atomic E-state index is 12.6. The quantitative estimate of drug-likeness (QED) is 0.312. The summed E-state index contributed by atoms with van der Waals surface area (Å²) in [5, 5.41) is 6.33. The number of nitrogens with zero attached hydrogens (tertiary/aromatic N) is 2. The Morgan fingerprint density at radius 3 is 2.52 bits per heavy atom. The van der Waals surface area contributed by atoms with Gasteiger partial charge >= 0.3 is 6.61 Å². The van der Waals surface area contributed by atoms with Crippen molar-refractivity contribution in [2.24, 2.45) is 10.9 Å². The minimum Gasteiger partial charge on any atom is -0.434 e. The lowest BCUT2D eigenvalue weighted by Crippen LogP contribution is -2.43. The van der Waals surface area contributed by atoms with Gasteiger partial charge in [-0.05, 0) is 31.7 Å². The summed E-state index contributed by atoms with van der Waals surface area (Å²) in [6.45, 7) is 0.994. The van der Waals surface area contributed by atoms with Gasteiger partial charge in [0.15, 0.2) is 5.96 Å². The molecule has 1 aliphatic heterocycles. The van der Waals surface area contributed by atoms with Crippen molar-refractivity contribution in [2.45, 2.75) is 32.9 Å². The van der Waals surface area contributed by atoms with E-state index in [1.165, 1.54) is 16.6 Å². The molecule has 1 aromatic carbocycles. The number of guanidine groups is 1. The van der Waals surface area contributed by atoms with Gasteiger partial charge in [-0.25, -0.2) is 12.7 Å². The summed E-state index contributed by atoms with van der Waals surface area (Å²) in [5.41, 5.74) is 1.56. The Morgan fingerprint density at radius 2 is 1.97 bits per heavy atom. The van der Waals surface area contributed by atoms with Crippen LogP contribution >= 0.6 is 24.0 Å². The number of rotatable bonds is 7. The van der Waals surface area contributed by atoms with Crippen LogP contribution in [0.5, 0.6) is 5.75 Å². The average Bonchev–Trinajstić information content (AvgIpc) is 2.63. The number of benzene rings is 1. The molecular weight excluding hydrogens is 517 g/mol. The second-order valence-electron chi connectivity index (χ2n) is 6.90. The maximum Gasteiger partial charge on any atom is 0.387 e. The van der Waals surface area contributed by atoms with Gasteiger partial charge < -0.3 is 15.4 Å². The number of hydrogen-bond acceptors (Lipinski definition) is 4. The van der Waals surface area contributed by atoms with Crippen LogP contribution < -0.4 is 15.4 Å². The lowest BCUT2D eigenvalue weighted by Gasteiger charge is -2.30. The first kappa shape index (κ1) is 25.8. The molecule has 2 rings (SSSR count). The number of sulfonamides is 1. The standard InChI is InChI=1S/C18H28F2N4O3S.HI/c1-13-4-5-16(27-17(19)20)15(10-13)12-23-18(21-2)22-11-14-6-8-24(9-7-14)28(3,25)26;/h4-5,10,14,17H,6-9,11-12H2,1-3H3,(H2,21,22,23);1H. The smallest absolute Gasteiger partial charge is 0.387 e. The number of nitrogens with one attached hydrogen (secondary N) is 2. The first-order chi connectivity index (χ1) is 13.2. The van der Waals surface area contributed by atoms with Gasteiger partial charge in [-0.2, -0.15) is 8.78 Å². The van der Waals surface area contributed by atoms with E-state index >= 15 is 0 Å². The third kappa shape index (κ3) is 8.59. The van der Waals surface area contributed by atoms with Crippen molar-refractivity contribution in [1.29, 1.82) is 0 Å². The predicted molar refractivity (Wildman–Crippen MR) is 121 cm³/mol. The van der Waals surface area contributed by atoms with E-state index in [-0.39, 0.29) is 36.3 Å². The Hall–Kier alpha value is -1.21. The number of halogens is 3. The van der Waals surface area contributed by atoms with E-state index in [4.69, 9.17) is 0 Å². The van der Waals surface area contributed by atoms with Crippen molar-refractivity contribution in [1.82, 2.24) is 14.9 Å². The molecule has 1 aromatic rings. The summed E-state index contributed by atoms with van der Waals surface area (Å²) < 4.78 is 54.4. The molecule has 1 aliphatic rings.